The van der Waals surface area contributed by atoms with Crippen LogP contribution in [0, 0.1) is 11.3 Å². The van der Waals surface area contributed by atoms with E-state index in [0.29, 0.717) is 5.92 Å². The summed E-state index contributed by atoms with van der Waals surface area (Å²) in [5.41, 5.74) is 0.00174. The lowest BCUT2D eigenvalue weighted by Crippen LogP contribution is -2.72. The van der Waals surface area contributed by atoms with Gasteiger partial charge in [0.15, 0.2) is 0 Å². The minimum absolute atomic E-state index is 0.00174. The highest BCUT2D eigenvalue weighted by atomic mass is 32.2. The predicted octanol–water partition coefficient (Wildman–Crippen LogP) is 0.867. The highest BCUT2D eigenvalue weighted by Crippen LogP contribution is 2.67. The first-order chi connectivity index (χ1) is 5.92. The van der Waals surface area contributed by atoms with Crippen molar-refractivity contribution in [3.8, 4) is 0 Å². The maximum atomic E-state index is 11.8. The zero-order valence-electron chi connectivity index (χ0n) is 8.00. The zero-order valence-corrected chi connectivity index (χ0v) is 8.82. The van der Waals surface area contributed by atoms with Crippen LogP contribution in [0.25, 0.3) is 0 Å². The molecule has 1 aliphatic heterocycles. The lowest BCUT2D eigenvalue weighted by atomic mass is 9.80. The molecule has 74 valence electrons. The number of hydrogen-bond donors (Lipinski definition) is 1. The molecule has 1 saturated heterocycles. The normalized spacial score (nSPS) is 54.3. The van der Waals surface area contributed by atoms with Gasteiger partial charge in [-0.25, -0.2) is 13.1 Å². The number of rotatable bonds is 0. The third-order valence-electron chi connectivity index (χ3n) is 4.84. The Morgan fingerprint density at radius 3 is 2.46 bits per heavy atom. The average Bonchev–Trinajstić information content (AvgIpc) is 2.34. The van der Waals surface area contributed by atoms with E-state index in [1.165, 1.54) is 0 Å². The molecule has 3 rings (SSSR count). The molecule has 1 heterocycles. The summed E-state index contributed by atoms with van der Waals surface area (Å²) in [5, 5.41) is 0. The van der Waals surface area contributed by atoms with Gasteiger partial charge in [0.05, 0.1) is 0 Å². The number of fused-ring (bicyclic) bond motifs is 1. The van der Waals surface area contributed by atoms with Crippen molar-refractivity contribution in [2.75, 3.05) is 0 Å². The molecule has 0 aromatic rings. The van der Waals surface area contributed by atoms with Crippen LogP contribution < -0.4 is 4.72 Å². The molecule has 3 fully saturated rings. The highest BCUT2D eigenvalue weighted by Gasteiger charge is 2.76. The van der Waals surface area contributed by atoms with Gasteiger partial charge in [-0.2, -0.15) is 0 Å². The standard InChI is InChI=1S/C9H15NO2S/c1-8(2)6-3-4-9(8)7(5-6)10-13(9,11)12/h6-7,10H,3-5H2,1-2H3. The molecular formula is C9H15NO2S. The fraction of sp³-hybridized carbons (Fsp3) is 1.00. The fourth-order valence-corrected chi connectivity index (χ4v) is 6.45. The Labute approximate surface area is 79.0 Å². The Morgan fingerprint density at radius 1 is 1.38 bits per heavy atom. The molecular weight excluding hydrogens is 186 g/mol. The Hall–Kier alpha value is -0.0900. The van der Waals surface area contributed by atoms with Crippen LogP contribution in [0.1, 0.15) is 33.1 Å². The van der Waals surface area contributed by atoms with E-state index in [9.17, 15) is 8.42 Å². The zero-order chi connectivity index (χ0) is 9.48. The summed E-state index contributed by atoms with van der Waals surface area (Å²) in [6, 6.07) is 0.256. The van der Waals surface area contributed by atoms with E-state index in [0.717, 1.165) is 19.3 Å². The van der Waals surface area contributed by atoms with E-state index >= 15 is 0 Å². The summed E-state index contributed by atoms with van der Waals surface area (Å²) in [5.74, 6) is 0.613. The van der Waals surface area contributed by atoms with Crippen LogP contribution in [0.15, 0.2) is 0 Å². The largest absolute Gasteiger partial charge is 0.219 e. The van der Waals surface area contributed by atoms with Gasteiger partial charge in [-0.1, -0.05) is 13.8 Å². The van der Waals surface area contributed by atoms with Crippen LogP contribution in [-0.4, -0.2) is 19.2 Å². The first-order valence-electron chi connectivity index (χ1n) is 4.94. The van der Waals surface area contributed by atoms with Gasteiger partial charge in [-0.3, -0.25) is 0 Å². The smallest absolute Gasteiger partial charge is 0.212 e. The van der Waals surface area contributed by atoms with Crippen molar-refractivity contribution in [3.05, 3.63) is 0 Å². The molecule has 4 heteroatoms. The van der Waals surface area contributed by atoms with Gasteiger partial charge in [0, 0.05) is 6.04 Å². The number of hydrogen-bond acceptors (Lipinski definition) is 2. The number of nitrogens with one attached hydrogen (secondary N) is 1. The van der Waals surface area contributed by atoms with Crippen molar-refractivity contribution < 1.29 is 8.42 Å². The monoisotopic (exact) mass is 201 g/mol. The molecule has 3 aliphatic rings. The van der Waals surface area contributed by atoms with E-state index in [-0.39, 0.29) is 11.5 Å². The maximum Gasteiger partial charge on any atom is 0.219 e. The average molecular weight is 201 g/mol. The first kappa shape index (κ1) is 8.24. The van der Waals surface area contributed by atoms with E-state index in [2.05, 4.69) is 18.6 Å². The quantitative estimate of drug-likeness (QED) is 0.632. The second kappa shape index (κ2) is 1.82. The summed E-state index contributed by atoms with van der Waals surface area (Å²) in [6.45, 7) is 4.26. The van der Waals surface area contributed by atoms with Gasteiger partial charge in [0.2, 0.25) is 10.0 Å². The molecule has 13 heavy (non-hydrogen) atoms. The van der Waals surface area contributed by atoms with Crippen molar-refractivity contribution in [2.45, 2.75) is 43.9 Å². The minimum Gasteiger partial charge on any atom is -0.212 e. The van der Waals surface area contributed by atoms with Crippen LogP contribution in [-0.2, 0) is 10.0 Å². The SMILES string of the molecule is CC1(C)C2CCC13C(C2)NS3(=O)=O. The fourth-order valence-electron chi connectivity index (χ4n) is 3.97. The summed E-state index contributed by atoms with van der Waals surface area (Å²) < 4.78 is 25.9. The molecule has 1 N–H and O–H groups in total. The van der Waals surface area contributed by atoms with Gasteiger partial charge in [-0.05, 0) is 30.6 Å². The second-order valence-corrected chi connectivity index (χ2v) is 7.23. The third-order valence-corrected chi connectivity index (χ3v) is 7.40. The summed E-state index contributed by atoms with van der Waals surface area (Å²) in [4.78, 5) is 0. The van der Waals surface area contributed by atoms with Gasteiger partial charge in [0.1, 0.15) is 4.75 Å². The lowest BCUT2D eigenvalue weighted by molar-refractivity contribution is 0.245. The Kier molecular flexibility index (Phi) is 1.15. The van der Waals surface area contributed by atoms with Gasteiger partial charge >= 0.3 is 0 Å². The Bertz CT molecular complexity index is 373. The molecule has 3 nitrogen and oxygen atoms in total. The van der Waals surface area contributed by atoms with Gasteiger partial charge in [-0.15, -0.1) is 0 Å². The van der Waals surface area contributed by atoms with Crippen molar-refractivity contribution in [2.24, 2.45) is 11.3 Å². The summed E-state index contributed by atoms with van der Waals surface area (Å²) in [6.07, 6.45) is 3.04. The first-order valence-corrected chi connectivity index (χ1v) is 6.42. The molecule has 0 aromatic heterocycles. The minimum atomic E-state index is -2.99. The topological polar surface area (TPSA) is 46.2 Å². The van der Waals surface area contributed by atoms with Gasteiger partial charge < -0.3 is 0 Å². The van der Waals surface area contributed by atoms with Crippen molar-refractivity contribution in [3.63, 3.8) is 0 Å². The van der Waals surface area contributed by atoms with Crippen LogP contribution in [0.5, 0.6) is 0 Å². The van der Waals surface area contributed by atoms with Crippen molar-refractivity contribution in [1.29, 1.82) is 0 Å². The van der Waals surface area contributed by atoms with E-state index in [1.54, 1.807) is 0 Å². The molecule has 3 unspecified atom stereocenters. The lowest BCUT2D eigenvalue weighted by Gasteiger charge is -2.49. The number of sulfonamides is 1. The maximum absolute atomic E-state index is 11.8. The summed E-state index contributed by atoms with van der Waals surface area (Å²) >= 11 is 0. The molecule has 2 saturated carbocycles. The van der Waals surface area contributed by atoms with Crippen LogP contribution in [0.2, 0.25) is 0 Å². The van der Waals surface area contributed by atoms with Crippen molar-refractivity contribution >= 4 is 10.0 Å². The van der Waals surface area contributed by atoms with E-state index in [1.807, 2.05) is 0 Å². The predicted molar refractivity (Wildman–Crippen MR) is 49.7 cm³/mol. The molecule has 0 aromatic carbocycles. The highest BCUT2D eigenvalue weighted by molar-refractivity contribution is 7.92. The van der Waals surface area contributed by atoms with Crippen molar-refractivity contribution in [1.82, 2.24) is 4.72 Å². The Balaban J connectivity index is 2.23. The van der Waals surface area contributed by atoms with Gasteiger partial charge in [0.25, 0.3) is 0 Å². The van der Waals surface area contributed by atoms with Crippen LogP contribution >= 0.6 is 0 Å². The van der Waals surface area contributed by atoms with Crippen LogP contribution in [0.3, 0.4) is 0 Å². The molecule has 1 spiro atoms. The summed E-state index contributed by atoms with van der Waals surface area (Å²) in [7, 11) is -2.99. The van der Waals surface area contributed by atoms with E-state index < -0.39 is 14.8 Å². The molecule has 2 aliphatic carbocycles. The third kappa shape index (κ3) is 0.580. The Morgan fingerprint density at radius 2 is 2.08 bits per heavy atom. The molecule has 2 bridgehead atoms. The molecule has 0 amide bonds. The van der Waals surface area contributed by atoms with E-state index in [4.69, 9.17) is 0 Å². The molecule has 0 radical (unpaired) electrons. The second-order valence-electron chi connectivity index (χ2n) is 5.26. The molecule has 3 atom stereocenters. The van der Waals surface area contributed by atoms with Crippen LogP contribution in [0.4, 0.5) is 0 Å².